The number of carbonyl (C=O) groups is 1. The van der Waals surface area contributed by atoms with Crippen LogP contribution in [0.1, 0.15) is 0 Å². The molecule has 20 heavy (non-hydrogen) atoms. The number of para-hydroxylation sites is 1. The highest BCUT2D eigenvalue weighted by atomic mass is 79.9. The zero-order chi connectivity index (χ0) is 14.4. The second-order valence-corrected chi connectivity index (χ2v) is 5.09. The summed E-state index contributed by atoms with van der Waals surface area (Å²) in [5, 5.41) is 7.42. The Balaban J connectivity index is 1.78. The van der Waals surface area contributed by atoms with Crippen molar-refractivity contribution in [3.05, 3.63) is 41.4 Å². The second kappa shape index (κ2) is 7.04. The van der Waals surface area contributed by atoms with Crippen LogP contribution in [-0.4, -0.2) is 45.8 Å². The number of ether oxygens (including phenoxy) is 1. The van der Waals surface area contributed by atoms with Gasteiger partial charge in [0.25, 0.3) is 5.91 Å². The highest BCUT2D eigenvalue weighted by Gasteiger charge is 2.10. The molecule has 0 radical (unpaired) electrons. The maximum absolute atomic E-state index is 11.9. The molecule has 0 bridgehead atoms. The largest absolute Gasteiger partial charge is 0.483 e. The lowest BCUT2D eigenvalue weighted by molar-refractivity contribution is -0.132. The molecule has 0 aliphatic heterocycles. The molecule has 0 aliphatic carbocycles. The Morgan fingerprint density at radius 3 is 2.75 bits per heavy atom. The highest BCUT2D eigenvalue weighted by Crippen LogP contribution is 2.23. The summed E-state index contributed by atoms with van der Waals surface area (Å²) in [5.41, 5.74) is 0. The van der Waals surface area contributed by atoms with Crippen LogP contribution in [-0.2, 0) is 11.3 Å². The number of nitrogens with zero attached hydrogens (tertiary/aromatic N) is 4. The third-order valence-electron chi connectivity index (χ3n) is 2.77. The molecular formula is C13H15BrN4O2. The quantitative estimate of drug-likeness (QED) is 0.802. The molecule has 1 aromatic carbocycles. The van der Waals surface area contributed by atoms with E-state index in [0.717, 1.165) is 4.47 Å². The van der Waals surface area contributed by atoms with Crippen LogP contribution in [0.3, 0.4) is 0 Å². The predicted molar refractivity (Wildman–Crippen MR) is 77.3 cm³/mol. The van der Waals surface area contributed by atoms with E-state index in [4.69, 9.17) is 4.74 Å². The van der Waals surface area contributed by atoms with Gasteiger partial charge in [0.1, 0.15) is 18.4 Å². The minimum atomic E-state index is -0.0752. The van der Waals surface area contributed by atoms with Gasteiger partial charge in [-0.3, -0.25) is 4.79 Å². The van der Waals surface area contributed by atoms with E-state index < -0.39 is 0 Å². The average molecular weight is 339 g/mol. The Kier molecular flexibility index (Phi) is 5.11. The van der Waals surface area contributed by atoms with Crippen LogP contribution in [0.25, 0.3) is 0 Å². The average Bonchev–Trinajstić information content (AvgIpc) is 2.97. The van der Waals surface area contributed by atoms with Crippen molar-refractivity contribution in [2.24, 2.45) is 0 Å². The molecule has 7 heteroatoms. The zero-order valence-corrected chi connectivity index (χ0v) is 12.7. The van der Waals surface area contributed by atoms with Crippen molar-refractivity contribution >= 4 is 21.8 Å². The highest BCUT2D eigenvalue weighted by molar-refractivity contribution is 9.10. The first-order chi connectivity index (χ1) is 9.66. The molecule has 1 aromatic heterocycles. The lowest BCUT2D eigenvalue weighted by atomic mass is 10.3. The minimum Gasteiger partial charge on any atom is -0.483 e. The first kappa shape index (κ1) is 14.5. The number of hydrogen-bond acceptors (Lipinski definition) is 4. The Morgan fingerprint density at radius 2 is 2.05 bits per heavy atom. The number of rotatable bonds is 6. The van der Waals surface area contributed by atoms with Gasteiger partial charge in [0.05, 0.1) is 4.47 Å². The summed E-state index contributed by atoms with van der Waals surface area (Å²) in [6.07, 6.45) is 3.24. The van der Waals surface area contributed by atoms with Crippen LogP contribution < -0.4 is 4.74 Å². The van der Waals surface area contributed by atoms with Gasteiger partial charge in [-0.05, 0) is 28.1 Å². The summed E-state index contributed by atoms with van der Waals surface area (Å²) in [4.78, 5) is 13.6. The van der Waals surface area contributed by atoms with Crippen molar-refractivity contribution < 1.29 is 9.53 Å². The summed E-state index contributed by atoms with van der Waals surface area (Å²) in [6, 6.07) is 7.44. The van der Waals surface area contributed by atoms with E-state index in [1.54, 1.807) is 24.6 Å². The van der Waals surface area contributed by atoms with Crippen molar-refractivity contribution in [3.63, 3.8) is 0 Å². The SMILES string of the molecule is CN(CCn1cnnc1)C(=O)COc1ccccc1Br. The van der Waals surface area contributed by atoms with E-state index in [1.807, 2.05) is 28.8 Å². The third kappa shape index (κ3) is 4.06. The molecule has 106 valence electrons. The maximum atomic E-state index is 11.9. The summed E-state index contributed by atoms with van der Waals surface area (Å²) in [7, 11) is 1.75. The van der Waals surface area contributed by atoms with E-state index in [9.17, 15) is 4.79 Å². The van der Waals surface area contributed by atoms with Crippen molar-refractivity contribution in [1.82, 2.24) is 19.7 Å². The fourth-order valence-corrected chi connectivity index (χ4v) is 1.94. The molecule has 2 aromatic rings. The van der Waals surface area contributed by atoms with Crippen molar-refractivity contribution in [3.8, 4) is 5.75 Å². The first-order valence-corrected chi connectivity index (χ1v) is 6.90. The van der Waals surface area contributed by atoms with Gasteiger partial charge in [-0.25, -0.2) is 0 Å². The lowest BCUT2D eigenvalue weighted by Crippen LogP contribution is -2.33. The van der Waals surface area contributed by atoms with Gasteiger partial charge in [0.15, 0.2) is 6.61 Å². The Hall–Kier alpha value is -1.89. The molecule has 2 rings (SSSR count). The van der Waals surface area contributed by atoms with Gasteiger partial charge in [-0.15, -0.1) is 10.2 Å². The van der Waals surface area contributed by atoms with Gasteiger partial charge in [0, 0.05) is 20.1 Å². The third-order valence-corrected chi connectivity index (χ3v) is 3.43. The van der Waals surface area contributed by atoms with Crippen LogP contribution in [0.5, 0.6) is 5.75 Å². The molecular weight excluding hydrogens is 324 g/mol. The van der Waals surface area contributed by atoms with Gasteiger partial charge >= 0.3 is 0 Å². The topological polar surface area (TPSA) is 60.2 Å². The van der Waals surface area contributed by atoms with Gasteiger partial charge < -0.3 is 14.2 Å². The molecule has 0 saturated heterocycles. The standard InChI is InChI=1S/C13H15BrN4O2/c1-17(6-7-18-9-15-16-10-18)13(19)8-20-12-5-3-2-4-11(12)14/h2-5,9-10H,6-8H2,1H3. The zero-order valence-electron chi connectivity index (χ0n) is 11.1. The van der Waals surface area contributed by atoms with Crippen LogP contribution in [0.4, 0.5) is 0 Å². The van der Waals surface area contributed by atoms with Crippen LogP contribution in [0, 0.1) is 0 Å². The van der Waals surface area contributed by atoms with E-state index in [1.165, 1.54) is 0 Å². The smallest absolute Gasteiger partial charge is 0.260 e. The molecule has 0 fully saturated rings. The van der Waals surface area contributed by atoms with Gasteiger partial charge in [-0.2, -0.15) is 0 Å². The summed E-state index contributed by atoms with van der Waals surface area (Å²) in [5.74, 6) is 0.585. The van der Waals surface area contributed by atoms with E-state index in [0.29, 0.717) is 18.8 Å². The minimum absolute atomic E-state index is 0.0152. The first-order valence-electron chi connectivity index (χ1n) is 6.10. The van der Waals surface area contributed by atoms with Crippen LogP contribution in [0.2, 0.25) is 0 Å². The summed E-state index contributed by atoms with van der Waals surface area (Å²) in [6.45, 7) is 1.25. The van der Waals surface area contributed by atoms with E-state index in [2.05, 4.69) is 26.1 Å². The summed E-state index contributed by atoms with van der Waals surface area (Å²) < 4.78 is 8.14. The fraction of sp³-hybridized carbons (Fsp3) is 0.308. The fourth-order valence-electron chi connectivity index (χ4n) is 1.54. The van der Waals surface area contributed by atoms with Gasteiger partial charge in [-0.1, -0.05) is 12.1 Å². The molecule has 0 atom stereocenters. The molecule has 0 aliphatic rings. The number of benzene rings is 1. The lowest BCUT2D eigenvalue weighted by Gasteiger charge is -2.17. The molecule has 1 amide bonds. The molecule has 1 heterocycles. The van der Waals surface area contributed by atoms with Crippen LogP contribution in [0.15, 0.2) is 41.4 Å². The Labute approximate surface area is 125 Å². The molecule has 0 saturated carbocycles. The van der Waals surface area contributed by atoms with E-state index >= 15 is 0 Å². The number of amides is 1. The van der Waals surface area contributed by atoms with Crippen molar-refractivity contribution in [2.75, 3.05) is 20.2 Å². The van der Waals surface area contributed by atoms with Gasteiger partial charge in [0.2, 0.25) is 0 Å². The van der Waals surface area contributed by atoms with Crippen LogP contribution >= 0.6 is 15.9 Å². The van der Waals surface area contributed by atoms with Crippen molar-refractivity contribution in [2.45, 2.75) is 6.54 Å². The number of hydrogen-bond donors (Lipinski definition) is 0. The normalized spacial score (nSPS) is 10.3. The molecule has 0 unspecified atom stereocenters. The Bertz CT molecular complexity index is 559. The van der Waals surface area contributed by atoms with Crippen molar-refractivity contribution in [1.29, 1.82) is 0 Å². The number of halogens is 1. The number of carbonyl (C=O) groups excluding carboxylic acids is 1. The predicted octanol–water partition coefficient (Wildman–Crippen LogP) is 1.58. The molecule has 0 N–H and O–H groups in total. The van der Waals surface area contributed by atoms with E-state index in [-0.39, 0.29) is 12.5 Å². The number of likely N-dealkylation sites (N-methyl/N-ethyl adjacent to an activating group) is 1. The monoisotopic (exact) mass is 338 g/mol. The molecule has 6 nitrogen and oxygen atoms in total. The Morgan fingerprint density at radius 1 is 1.35 bits per heavy atom. The maximum Gasteiger partial charge on any atom is 0.260 e. The second-order valence-electron chi connectivity index (χ2n) is 4.23. The molecule has 0 spiro atoms. The summed E-state index contributed by atoms with van der Waals surface area (Å²) >= 11 is 3.37. The number of aromatic nitrogens is 3.